The maximum absolute atomic E-state index is 14.6. The summed E-state index contributed by atoms with van der Waals surface area (Å²) in [4.78, 5) is 40.0. The Bertz CT molecular complexity index is 1700. The first-order valence-corrected chi connectivity index (χ1v) is 16.1. The van der Waals surface area contributed by atoms with Gasteiger partial charge in [0.05, 0.1) is 0 Å². The summed E-state index contributed by atoms with van der Waals surface area (Å²) in [6.45, 7) is 0. The zero-order valence-electron chi connectivity index (χ0n) is 20.1. The van der Waals surface area contributed by atoms with Gasteiger partial charge in [0, 0.05) is 0 Å². The van der Waals surface area contributed by atoms with E-state index in [2.05, 4.69) is 0 Å². The van der Waals surface area contributed by atoms with Gasteiger partial charge in [-0.05, 0) is 0 Å². The standard InChI is InChI=1S/C29H23NO6P2/c31-28-17-27(38(34)26-16-8-4-12-22(26)20-10-2-6-14-24(20)36-38)29(32)30(28)18-37(33)25-15-7-3-11-21(25)19-9-1-5-13-23(19)35-37/h1-16,27,33,37H,17-18H2. The van der Waals surface area contributed by atoms with Crippen molar-refractivity contribution in [2.45, 2.75) is 12.1 Å². The molecule has 3 heterocycles. The fourth-order valence-electron chi connectivity index (χ4n) is 5.67. The molecule has 4 aromatic rings. The van der Waals surface area contributed by atoms with Crippen LogP contribution in [-0.2, 0) is 14.2 Å². The zero-order valence-corrected chi connectivity index (χ0v) is 22.0. The monoisotopic (exact) mass is 543 g/mol. The van der Waals surface area contributed by atoms with E-state index >= 15 is 0 Å². The first kappa shape index (κ1) is 23.4. The van der Waals surface area contributed by atoms with Gasteiger partial charge in [-0.2, -0.15) is 0 Å². The van der Waals surface area contributed by atoms with E-state index in [1.54, 1.807) is 42.5 Å². The van der Waals surface area contributed by atoms with Crippen molar-refractivity contribution >= 4 is 37.5 Å². The van der Waals surface area contributed by atoms with Crippen LogP contribution >= 0.6 is 15.1 Å². The number of amides is 2. The van der Waals surface area contributed by atoms with Crippen molar-refractivity contribution in [1.82, 2.24) is 4.90 Å². The molecule has 2 unspecified atom stereocenters. The quantitative estimate of drug-likeness (QED) is 0.298. The molecule has 0 spiro atoms. The van der Waals surface area contributed by atoms with Crippen LogP contribution in [0.1, 0.15) is 6.42 Å². The van der Waals surface area contributed by atoms with Crippen LogP contribution in [0.15, 0.2) is 97.1 Å². The molecule has 38 heavy (non-hydrogen) atoms. The van der Waals surface area contributed by atoms with E-state index in [4.69, 9.17) is 9.05 Å². The Morgan fingerprint density at radius 2 is 1.37 bits per heavy atom. The molecule has 190 valence electrons. The van der Waals surface area contributed by atoms with Gasteiger partial charge in [-0.25, -0.2) is 0 Å². The number of rotatable bonds is 3. The molecule has 3 aliphatic heterocycles. The molecule has 3 aliphatic rings. The molecular formula is C29H23NO6P2. The van der Waals surface area contributed by atoms with E-state index in [0.29, 0.717) is 22.1 Å². The van der Waals surface area contributed by atoms with Crippen LogP contribution in [0.2, 0.25) is 0 Å². The van der Waals surface area contributed by atoms with Crippen LogP contribution in [0.25, 0.3) is 22.3 Å². The van der Waals surface area contributed by atoms with Crippen molar-refractivity contribution in [2.24, 2.45) is 0 Å². The van der Waals surface area contributed by atoms with Crippen molar-refractivity contribution in [3.63, 3.8) is 0 Å². The molecular weight excluding hydrogens is 520 g/mol. The molecule has 0 aromatic heterocycles. The fraction of sp³-hybridized carbons (Fsp3) is 0.103. The minimum absolute atomic E-state index is 0.269. The number of likely N-dealkylation sites (tertiary alicyclic amines) is 1. The molecule has 0 saturated carbocycles. The average molecular weight is 543 g/mol. The summed E-state index contributed by atoms with van der Waals surface area (Å²) in [5.74, 6) is -0.197. The second kappa shape index (κ2) is 8.37. The first-order valence-electron chi connectivity index (χ1n) is 12.3. The SMILES string of the molecule is O=C1CC(P2(=O)Oc3ccccc3-c3ccccc32)C(=O)N1C[PH]1(O)Oc2ccccc2-c2ccccc21. The number of carbonyl (C=O) groups is 2. The Balaban J connectivity index is 1.26. The van der Waals surface area contributed by atoms with Gasteiger partial charge in [0.15, 0.2) is 0 Å². The molecule has 4 aromatic carbocycles. The Labute approximate surface area is 219 Å². The van der Waals surface area contributed by atoms with Crippen molar-refractivity contribution in [3.8, 4) is 33.8 Å². The van der Waals surface area contributed by atoms with Crippen LogP contribution in [-0.4, -0.2) is 33.6 Å². The third-order valence-electron chi connectivity index (χ3n) is 7.46. The summed E-state index contributed by atoms with van der Waals surface area (Å²) in [6.07, 6.45) is -0.569. The van der Waals surface area contributed by atoms with Crippen molar-refractivity contribution in [3.05, 3.63) is 97.1 Å². The van der Waals surface area contributed by atoms with Gasteiger partial charge < -0.3 is 0 Å². The number of benzene rings is 4. The fourth-order valence-corrected chi connectivity index (χ4v) is 11.0. The van der Waals surface area contributed by atoms with Gasteiger partial charge in [0.1, 0.15) is 0 Å². The van der Waals surface area contributed by atoms with Crippen molar-refractivity contribution in [2.75, 3.05) is 6.29 Å². The average Bonchev–Trinajstić information content (AvgIpc) is 3.22. The maximum atomic E-state index is 14.6. The summed E-state index contributed by atoms with van der Waals surface area (Å²) in [5.41, 5.74) is 1.98. The van der Waals surface area contributed by atoms with Crippen molar-refractivity contribution in [1.29, 1.82) is 0 Å². The molecule has 1 N–H and O–H groups in total. The van der Waals surface area contributed by atoms with E-state index < -0.39 is 32.6 Å². The molecule has 7 nitrogen and oxygen atoms in total. The second-order valence-electron chi connectivity index (χ2n) is 9.67. The van der Waals surface area contributed by atoms with Crippen LogP contribution in [0.4, 0.5) is 0 Å². The molecule has 7 rings (SSSR count). The van der Waals surface area contributed by atoms with Crippen LogP contribution < -0.4 is 19.7 Å². The normalized spacial score (nSPS) is 23.3. The predicted octanol–water partition coefficient (Wildman–Crippen LogP) is 4.69. The zero-order chi connectivity index (χ0) is 26.1. The first-order chi connectivity index (χ1) is 18.4. The molecule has 9 heteroatoms. The number of hydrogen-bond donors (Lipinski definition) is 1. The number of para-hydroxylation sites is 2. The minimum atomic E-state index is -3.84. The Hall–Kier alpha value is -3.76. The summed E-state index contributed by atoms with van der Waals surface area (Å²) in [6, 6.07) is 29.1. The number of fused-ring (bicyclic) bond motifs is 6. The summed E-state index contributed by atoms with van der Waals surface area (Å²) in [7, 11) is -7.66. The van der Waals surface area contributed by atoms with Gasteiger partial charge >= 0.3 is 220 Å². The van der Waals surface area contributed by atoms with Gasteiger partial charge in [-0.3, -0.25) is 0 Å². The number of carbonyl (C=O) groups excluding carboxylic acids is 2. The molecule has 0 aliphatic carbocycles. The molecule has 2 atom stereocenters. The number of hydrogen-bond acceptors (Lipinski definition) is 6. The van der Waals surface area contributed by atoms with Gasteiger partial charge in [0.25, 0.3) is 0 Å². The van der Waals surface area contributed by atoms with Gasteiger partial charge in [0.2, 0.25) is 0 Å². The Kier molecular flexibility index (Phi) is 5.15. The Morgan fingerprint density at radius 3 is 2.13 bits per heavy atom. The summed E-state index contributed by atoms with van der Waals surface area (Å²) < 4.78 is 26.8. The molecule has 2 amide bonds. The van der Waals surface area contributed by atoms with Crippen LogP contribution in [0, 0.1) is 0 Å². The third-order valence-corrected chi connectivity index (χ3v) is 12.8. The molecule has 1 fully saturated rings. The summed E-state index contributed by atoms with van der Waals surface area (Å²) >= 11 is 0. The second-order valence-corrected chi connectivity index (χ2v) is 14.8. The topological polar surface area (TPSA) is 93.1 Å². The van der Waals surface area contributed by atoms with Crippen LogP contribution in [0.5, 0.6) is 11.5 Å². The van der Waals surface area contributed by atoms with Gasteiger partial charge in [-0.15, -0.1) is 0 Å². The van der Waals surface area contributed by atoms with E-state index in [9.17, 15) is 19.0 Å². The number of nitrogens with zero attached hydrogens (tertiary/aromatic N) is 1. The number of imide groups is 1. The molecule has 0 bridgehead atoms. The molecule has 1 saturated heterocycles. The Morgan fingerprint density at radius 1 is 0.789 bits per heavy atom. The van der Waals surface area contributed by atoms with E-state index in [1.165, 1.54) is 0 Å². The predicted molar refractivity (Wildman–Crippen MR) is 148 cm³/mol. The van der Waals surface area contributed by atoms with E-state index in [0.717, 1.165) is 27.2 Å². The third kappa shape index (κ3) is 3.33. The van der Waals surface area contributed by atoms with E-state index in [1.807, 2.05) is 54.6 Å². The van der Waals surface area contributed by atoms with E-state index in [-0.39, 0.29) is 12.7 Å². The molecule has 0 radical (unpaired) electrons. The van der Waals surface area contributed by atoms with Crippen molar-refractivity contribution < 1.29 is 28.1 Å². The van der Waals surface area contributed by atoms with Crippen LogP contribution in [0.3, 0.4) is 0 Å². The van der Waals surface area contributed by atoms with Gasteiger partial charge in [-0.1, -0.05) is 0 Å². The summed E-state index contributed by atoms with van der Waals surface area (Å²) in [5, 5.41) is 1.01.